The van der Waals surface area contributed by atoms with Crippen molar-refractivity contribution in [3.63, 3.8) is 0 Å². The number of hydrogen-bond acceptors (Lipinski definition) is 4. The number of carbonyl (C=O) groups is 1. The predicted molar refractivity (Wildman–Crippen MR) is 72.7 cm³/mol. The van der Waals surface area contributed by atoms with Gasteiger partial charge in [0.1, 0.15) is 0 Å². The molecule has 1 unspecified atom stereocenters. The topological polar surface area (TPSA) is 58.4 Å². The molecule has 19 heavy (non-hydrogen) atoms. The summed E-state index contributed by atoms with van der Waals surface area (Å²) in [6, 6.07) is 2.05. The second-order valence-corrected chi connectivity index (χ2v) is 5.70. The van der Waals surface area contributed by atoms with Crippen LogP contribution in [0, 0.1) is 5.92 Å². The molecule has 0 aliphatic carbocycles. The smallest absolute Gasteiger partial charge is 0.216 e. The molecule has 1 amide bonds. The molecule has 5 nitrogen and oxygen atoms in total. The monoisotopic (exact) mass is 265 g/mol. The summed E-state index contributed by atoms with van der Waals surface area (Å²) >= 11 is 0. The predicted octanol–water partition coefficient (Wildman–Crippen LogP) is 1.76. The molecule has 1 aliphatic rings. The Bertz CT molecular complexity index is 428. The van der Waals surface area contributed by atoms with Gasteiger partial charge in [-0.2, -0.15) is 0 Å². The number of aromatic nitrogens is 1. The molecule has 1 aliphatic heterocycles. The van der Waals surface area contributed by atoms with Crippen LogP contribution in [0.3, 0.4) is 0 Å². The minimum Gasteiger partial charge on any atom is -0.360 e. The molecular formula is C14H23N3O2. The first-order chi connectivity index (χ1) is 9.04. The summed E-state index contributed by atoms with van der Waals surface area (Å²) < 4.78 is 5.36. The lowest BCUT2D eigenvalue weighted by molar-refractivity contribution is -0.119. The molecule has 1 saturated heterocycles. The Balaban J connectivity index is 1.79. The molecule has 1 aromatic heterocycles. The van der Waals surface area contributed by atoms with Crippen molar-refractivity contribution in [2.24, 2.45) is 5.92 Å². The second kappa shape index (κ2) is 6.19. The highest BCUT2D eigenvalue weighted by atomic mass is 16.5. The molecule has 0 radical (unpaired) electrons. The van der Waals surface area contributed by atoms with Crippen molar-refractivity contribution in [3.8, 4) is 0 Å². The fourth-order valence-electron chi connectivity index (χ4n) is 2.41. The van der Waals surface area contributed by atoms with Crippen LogP contribution in [0.5, 0.6) is 0 Å². The molecule has 0 bridgehead atoms. The first-order valence-corrected chi connectivity index (χ1v) is 6.97. The molecule has 1 atom stereocenters. The van der Waals surface area contributed by atoms with E-state index in [4.69, 9.17) is 4.52 Å². The minimum absolute atomic E-state index is 0.0512. The van der Waals surface area contributed by atoms with E-state index in [1.54, 1.807) is 6.92 Å². The fourth-order valence-corrected chi connectivity index (χ4v) is 2.41. The van der Waals surface area contributed by atoms with Gasteiger partial charge in [-0.25, -0.2) is 0 Å². The largest absolute Gasteiger partial charge is 0.360 e. The maximum Gasteiger partial charge on any atom is 0.216 e. The van der Waals surface area contributed by atoms with Crippen molar-refractivity contribution in [2.45, 2.75) is 39.7 Å². The van der Waals surface area contributed by atoms with Gasteiger partial charge in [-0.05, 0) is 24.8 Å². The van der Waals surface area contributed by atoms with Crippen molar-refractivity contribution < 1.29 is 9.32 Å². The molecule has 0 spiro atoms. The maximum absolute atomic E-state index is 10.9. The van der Waals surface area contributed by atoms with E-state index in [0.717, 1.165) is 44.1 Å². The van der Waals surface area contributed by atoms with Crippen molar-refractivity contribution in [2.75, 3.05) is 19.6 Å². The van der Waals surface area contributed by atoms with Crippen LogP contribution in [0.4, 0.5) is 0 Å². The molecule has 1 fully saturated rings. The summed E-state index contributed by atoms with van der Waals surface area (Å²) in [6.45, 7) is 9.45. The third-order valence-electron chi connectivity index (χ3n) is 3.56. The number of hydrogen-bond donors (Lipinski definition) is 1. The van der Waals surface area contributed by atoms with Crippen LogP contribution >= 0.6 is 0 Å². The third-order valence-corrected chi connectivity index (χ3v) is 3.56. The van der Waals surface area contributed by atoms with Gasteiger partial charge >= 0.3 is 0 Å². The SMILES string of the molecule is CC(=O)NCC1CCN(Cc2cc(C(C)C)no2)C1. The molecule has 5 heteroatoms. The highest BCUT2D eigenvalue weighted by molar-refractivity contribution is 5.72. The van der Waals surface area contributed by atoms with E-state index >= 15 is 0 Å². The molecule has 1 N–H and O–H groups in total. The fraction of sp³-hybridized carbons (Fsp3) is 0.714. The van der Waals surface area contributed by atoms with Gasteiger partial charge in [0, 0.05) is 26.1 Å². The van der Waals surface area contributed by atoms with Gasteiger partial charge in [0.15, 0.2) is 5.76 Å². The number of nitrogens with zero attached hydrogens (tertiary/aromatic N) is 2. The van der Waals surface area contributed by atoms with Gasteiger partial charge in [-0.3, -0.25) is 9.69 Å². The van der Waals surface area contributed by atoms with Crippen LogP contribution in [0.15, 0.2) is 10.6 Å². The molecule has 2 heterocycles. The lowest BCUT2D eigenvalue weighted by Crippen LogP contribution is -2.29. The zero-order valence-corrected chi connectivity index (χ0v) is 12.0. The molecule has 106 valence electrons. The normalized spacial score (nSPS) is 20.1. The van der Waals surface area contributed by atoms with E-state index in [9.17, 15) is 4.79 Å². The van der Waals surface area contributed by atoms with Gasteiger partial charge in [0.25, 0.3) is 0 Å². The van der Waals surface area contributed by atoms with Gasteiger partial charge in [-0.15, -0.1) is 0 Å². The van der Waals surface area contributed by atoms with Crippen LogP contribution in [0.25, 0.3) is 0 Å². The second-order valence-electron chi connectivity index (χ2n) is 5.70. The Hall–Kier alpha value is -1.36. The Kier molecular flexibility index (Phi) is 4.58. The maximum atomic E-state index is 10.9. The summed E-state index contributed by atoms with van der Waals surface area (Å²) in [4.78, 5) is 13.2. The summed E-state index contributed by atoms with van der Waals surface area (Å²) in [5.41, 5.74) is 1.02. The Morgan fingerprint density at radius 3 is 3.05 bits per heavy atom. The van der Waals surface area contributed by atoms with Gasteiger partial charge < -0.3 is 9.84 Å². The quantitative estimate of drug-likeness (QED) is 0.881. The summed E-state index contributed by atoms with van der Waals surface area (Å²) in [5, 5.41) is 6.97. The Labute approximate surface area is 114 Å². The van der Waals surface area contributed by atoms with Crippen LogP contribution in [-0.4, -0.2) is 35.6 Å². The highest BCUT2D eigenvalue weighted by Crippen LogP contribution is 2.20. The van der Waals surface area contributed by atoms with Gasteiger partial charge in [-0.1, -0.05) is 19.0 Å². The number of carbonyl (C=O) groups excluding carboxylic acids is 1. The molecule has 0 aromatic carbocycles. The Morgan fingerprint density at radius 1 is 1.63 bits per heavy atom. The zero-order valence-electron chi connectivity index (χ0n) is 12.0. The summed E-state index contributed by atoms with van der Waals surface area (Å²) in [6.07, 6.45) is 1.13. The van der Waals surface area contributed by atoms with Crippen molar-refractivity contribution in [1.82, 2.24) is 15.4 Å². The lowest BCUT2D eigenvalue weighted by Gasteiger charge is -2.14. The number of nitrogens with one attached hydrogen (secondary N) is 1. The standard InChI is InChI=1S/C14H23N3O2/c1-10(2)14-6-13(19-16-14)9-17-5-4-12(8-17)7-15-11(3)18/h6,10,12H,4-5,7-9H2,1-3H3,(H,15,18). The van der Waals surface area contributed by atoms with E-state index < -0.39 is 0 Å². The minimum atomic E-state index is 0.0512. The highest BCUT2D eigenvalue weighted by Gasteiger charge is 2.23. The van der Waals surface area contributed by atoms with Crippen LogP contribution in [-0.2, 0) is 11.3 Å². The average Bonchev–Trinajstić information content (AvgIpc) is 2.96. The van der Waals surface area contributed by atoms with E-state index in [1.165, 1.54) is 0 Å². The van der Waals surface area contributed by atoms with Crippen LogP contribution in [0.1, 0.15) is 44.6 Å². The molecule has 2 rings (SSSR count). The Morgan fingerprint density at radius 2 is 2.42 bits per heavy atom. The van der Waals surface area contributed by atoms with E-state index in [0.29, 0.717) is 11.8 Å². The molecule has 0 saturated carbocycles. The molecular weight excluding hydrogens is 242 g/mol. The van der Waals surface area contributed by atoms with Crippen molar-refractivity contribution in [1.29, 1.82) is 0 Å². The van der Waals surface area contributed by atoms with Gasteiger partial charge in [0.05, 0.1) is 12.2 Å². The summed E-state index contributed by atoms with van der Waals surface area (Å²) in [7, 11) is 0. The number of rotatable bonds is 5. The number of amides is 1. The van der Waals surface area contributed by atoms with Crippen molar-refractivity contribution in [3.05, 3.63) is 17.5 Å². The average molecular weight is 265 g/mol. The summed E-state index contributed by atoms with van der Waals surface area (Å²) in [5.74, 6) is 1.94. The zero-order chi connectivity index (χ0) is 13.8. The van der Waals surface area contributed by atoms with Crippen LogP contribution < -0.4 is 5.32 Å². The van der Waals surface area contributed by atoms with Gasteiger partial charge in [0.2, 0.25) is 5.91 Å². The van der Waals surface area contributed by atoms with Crippen molar-refractivity contribution >= 4 is 5.91 Å². The van der Waals surface area contributed by atoms with E-state index in [-0.39, 0.29) is 5.91 Å². The first-order valence-electron chi connectivity index (χ1n) is 6.97. The molecule has 1 aromatic rings. The van der Waals surface area contributed by atoms with Crippen LogP contribution in [0.2, 0.25) is 0 Å². The first kappa shape index (κ1) is 14.1. The lowest BCUT2D eigenvalue weighted by atomic mass is 10.1. The third kappa shape index (κ3) is 4.06. The van der Waals surface area contributed by atoms with E-state index in [2.05, 4.69) is 29.2 Å². The van der Waals surface area contributed by atoms with E-state index in [1.807, 2.05) is 6.07 Å². The number of likely N-dealkylation sites (tertiary alicyclic amines) is 1.